The summed E-state index contributed by atoms with van der Waals surface area (Å²) in [7, 11) is 0. The molecule has 7 nitrogen and oxygen atoms in total. The first-order chi connectivity index (χ1) is 10.9. The van der Waals surface area contributed by atoms with E-state index in [1.165, 1.54) is 6.08 Å². The van der Waals surface area contributed by atoms with Gasteiger partial charge in [0, 0.05) is 12.6 Å². The molecule has 8 heteroatoms. The van der Waals surface area contributed by atoms with Crippen LogP contribution in [0, 0.1) is 5.92 Å². The van der Waals surface area contributed by atoms with E-state index in [0.29, 0.717) is 22.9 Å². The number of halogens is 1. The van der Waals surface area contributed by atoms with Crippen LogP contribution in [0.3, 0.4) is 0 Å². The highest BCUT2D eigenvalue weighted by atomic mass is 79.9. The Morgan fingerprint density at radius 1 is 1.35 bits per heavy atom. The summed E-state index contributed by atoms with van der Waals surface area (Å²) in [5.74, 6) is -0.501. The Balaban J connectivity index is 2.23. The number of nitrogens with one attached hydrogen (secondary N) is 2. The van der Waals surface area contributed by atoms with Crippen molar-refractivity contribution in [3.8, 4) is 0 Å². The third kappa shape index (κ3) is 8.82. The fourth-order valence-electron chi connectivity index (χ4n) is 1.43. The Hall–Kier alpha value is -2.09. The van der Waals surface area contributed by atoms with Gasteiger partial charge >= 0.3 is 12.0 Å². The van der Waals surface area contributed by atoms with Crippen LogP contribution in [0.2, 0.25) is 0 Å². The zero-order valence-electron chi connectivity index (χ0n) is 12.9. The molecule has 0 aliphatic carbocycles. The Morgan fingerprint density at radius 2 is 2.09 bits per heavy atom. The predicted octanol–water partition coefficient (Wildman–Crippen LogP) is 2.47. The highest BCUT2D eigenvalue weighted by Gasteiger charge is 2.09. The van der Waals surface area contributed by atoms with Gasteiger partial charge in [0.25, 0.3) is 5.91 Å². The molecule has 0 fully saturated rings. The molecule has 0 aromatic carbocycles. The molecule has 1 rings (SSSR count). The van der Waals surface area contributed by atoms with E-state index in [1.807, 2.05) is 13.8 Å². The lowest BCUT2D eigenvalue weighted by molar-refractivity contribution is -0.143. The lowest BCUT2D eigenvalue weighted by Crippen LogP contribution is -2.41. The van der Waals surface area contributed by atoms with Crippen molar-refractivity contribution in [2.75, 3.05) is 13.2 Å². The maximum Gasteiger partial charge on any atom is 0.331 e. The summed E-state index contributed by atoms with van der Waals surface area (Å²) < 4.78 is 10.4. The molecular formula is C15H19BrN2O5. The van der Waals surface area contributed by atoms with Gasteiger partial charge in [0.15, 0.2) is 11.3 Å². The molecule has 3 amide bonds. The smallest absolute Gasteiger partial charge is 0.331 e. The summed E-state index contributed by atoms with van der Waals surface area (Å²) in [4.78, 5) is 34.2. The molecule has 2 N–H and O–H groups in total. The third-order valence-electron chi connectivity index (χ3n) is 2.58. The Kier molecular flexibility index (Phi) is 8.10. The van der Waals surface area contributed by atoms with E-state index in [9.17, 15) is 14.4 Å². The standard InChI is InChI=1S/C15H19BrN2O5/c1-10(2)7-8-17-15(21)18-13(19)9-22-14(20)6-4-11-3-5-12(16)23-11/h3-6,10H,7-9H2,1-2H3,(H2,17,18,19,21)/b6-4+. The Labute approximate surface area is 142 Å². The molecule has 23 heavy (non-hydrogen) atoms. The van der Waals surface area contributed by atoms with Crippen molar-refractivity contribution >= 4 is 39.9 Å². The van der Waals surface area contributed by atoms with Gasteiger partial charge in [-0.15, -0.1) is 0 Å². The second kappa shape index (κ2) is 9.83. The molecule has 1 aromatic heterocycles. The topological polar surface area (TPSA) is 97.6 Å². The summed E-state index contributed by atoms with van der Waals surface area (Å²) in [6.45, 7) is 3.99. The number of amides is 3. The number of hydrogen-bond acceptors (Lipinski definition) is 5. The van der Waals surface area contributed by atoms with Crippen LogP contribution in [0.5, 0.6) is 0 Å². The fourth-order valence-corrected chi connectivity index (χ4v) is 1.75. The fraction of sp³-hybridized carbons (Fsp3) is 0.400. The van der Waals surface area contributed by atoms with Crippen molar-refractivity contribution in [3.63, 3.8) is 0 Å². The van der Waals surface area contributed by atoms with E-state index in [2.05, 4.69) is 26.6 Å². The molecule has 0 saturated carbocycles. The summed E-state index contributed by atoms with van der Waals surface area (Å²) in [6, 6.07) is 2.72. The lowest BCUT2D eigenvalue weighted by atomic mass is 10.1. The highest BCUT2D eigenvalue weighted by Crippen LogP contribution is 2.14. The monoisotopic (exact) mass is 386 g/mol. The van der Waals surface area contributed by atoms with E-state index in [0.717, 1.165) is 12.5 Å². The molecule has 0 aliphatic heterocycles. The maximum absolute atomic E-state index is 11.4. The lowest BCUT2D eigenvalue weighted by Gasteiger charge is -2.08. The van der Waals surface area contributed by atoms with Gasteiger partial charge in [-0.1, -0.05) is 13.8 Å². The van der Waals surface area contributed by atoms with Gasteiger partial charge in [-0.25, -0.2) is 9.59 Å². The van der Waals surface area contributed by atoms with E-state index < -0.39 is 24.5 Å². The van der Waals surface area contributed by atoms with Crippen molar-refractivity contribution in [3.05, 3.63) is 28.6 Å². The van der Waals surface area contributed by atoms with Crippen molar-refractivity contribution in [2.24, 2.45) is 5.92 Å². The number of esters is 1. The second-order valence-electron chi connectivity index (χ2n) is 5.07. The first-order valence-electron chi connectivity index (χ1n) is 7.04. The summed E-state index contributed by atoms with van der Waals surface area (Å²) >= 11 is 3.13. The van der Waals surface area contributed by atoms with Crippen LogP contribution in [-0.4, -0.2) is 31.1 Å². The molecule has 1 heterocycles. The minimum Gasteiger partial charge on any atom is -0.452 e. The minimum atomic E-state index is -0.715. The van der Waals surface area contributed by atoms with Gasteiger partial charge in [-0.3, -0.25) is 10.1 Å². The van der Waals surface area contributed by atoms with E-state index in [-0.39, 0.29) is 0 Å². The van der Waals surface area contributed by atoms with Crippen molar-refractivity contribution in [1.82, 2.24) is 10.6 Å². The van der Waals surface area contributed by atoms with Crippen LogP contribution in [0.25, 0.3) is 6.08 Å². The average molecular weight is 387 g/mol. The first-order valence-corrected chi connectivity index (χ1v) is 7.84. The largest absolute Gasteiger partial charge is 0.452 e. The van der Waals surface area contributed by atoms with E-state index in [4.69, 9.17) is 9.15 Å². The van der Waals surface area contributed by atoms with Crippen LogP contribution in [0.4, 0.5) is 4.79 Å². The van der Waals surface area contributed by atoms with Crippen LogP contribution in [0.1, 0.15) is 26.0 Å². The number of imide groups is 1. The van der Waals surface area contributed by atoms with Gasteiger partial charge < -0.3 is 14.5 Å². The third-order valence-corrected chi connectivity index (χ3v) is 3.01. The summed E-state index contributed by atoms with van der Waals surface area (Å²) in [6.07, 6.45) is 3.34. The van der Waals surface area contributed by atoms with Gasteiger partial charge in [0.2, 0.25) is 0 Å². The van der Waals surface area contributed by atoms with Gasteiger partial charge in [0.1, 0.15) is 5.76 Å². The molecular weight excluding hydrogens is 368 g/mol. The van der Waals surface area contributed by atoms with Gasteiger partial charge in [0.05, 0.1) is 0 Å². The van der Waals surface area contributed by atoms with E-state index in [1.54, 1.807) is 12.1 Å². The van der Waals surface area contributed by atoms with E-state index >= 15 is 0 Å². The first kappa shape index (κ1) is 19.0. The molecule has 0 spiro atoms. The van der Waals surface area contributed by atoms with Crippen molar-refractivity contribution in [2.45, 2.75) is 20.3 Å². The summed E-state index contributed by atoms with van der Waals surface area (Å²) in [5, 5.41) is 4.61. The number of urea groups is 1. The molecule has 0 atom stereocenters. The second-order valence-corrected chi connectivity index (χ2v) is 5.85. The number of carbonyl (C=O) groups excluding carboxylic acids is 3. The van der Waals surface area contributed by atoms with Gasteiger partial charge in [-0.05, 0) is 46.5 Å². The Bertz CT molecular complexity index is 580. The average Bonchev–Trinajstić information content (AvgIpc) is 2.88. The van der Waals surface area contributed by atoms with Gasteiger partial charge in [-0.2, -0.15) is 0 Å². The number of hydrogen-bond donors (Lipinski definition) is 2. The van der Waals surface area contributed by atoms with Crippen molar-refractivity contribution in [1.29, 1.82) is 0 Å². The van der Waals surface area contributed by atoms with Crippen LogP contribution >= 0.6 is 15.9 Å². The SMILES string of the molecule is CC(C)CCNC(=O)NC(=O)COC(=O)/C=C/c1ccc(Br)o1. The van der Waals surface area contributed by atoms with Crippen LogP contribution in [0.15, 0.2) is 27.3 Å². The maximum atomic E-state index is 11.4. The number of rotatable bonds is 7. The predicted molar refractivity (Wildman–Crippen MR) is 87.4 cm³/mol. The van der Waals surface area contributed by atoms with Crippen molar-refractivity contribution < 1.29 is 23.5 Å². The number of ether oxygens (including phenoxy) is 1. The van der Waals surface area contributed by atoms with Crippen LogP contribution in [-0.2, 0) is 14.3 Å². The minimum absolute atomic E-state index is 0.452. The molecule has 1 aromatic rings. The number of furan rings is 1. The number of carbonyl (C=O) groups is 3. The quantitative estimate of drug-likeness (QED) is 0.553. The molecule has 126 valence electrons. The van der Waals surface area contributed by atoms with Crippen LogP contribution < -0.4 is 10.6 Å². The molecule has 0 unspecified atom stereocenters. The molecule has 0 saturated heterocycles. The Morgan fingerprint density at radius 3 is 2.70 bits per heavy atom. The normalized spacial score (nSPS) is 10.8. The highest BCUT2D eigenvalue weighted by molar-refractivity contribution is 9.10. The molecule has 0 radical (unpaired) electrons. The summed E-state index contributed by atoms with van der Waals surface area (Å²) in [5.41, 5.74) is 0. The zero-order valence-corrected chi connectivity index (χ0v) is 14.5. The zero-order chi connectivity index (χ0) is 17.2. The molecule has 0 aliphatic rings. The molecule has 0 bridgehead atoms.